The van der Waals surface area contributed by atoms with Gasteiger partial charge in [-0.25, -0.2) is 0 Å². The summed E-state index contributed by atoms with van der Waals surface area (Å²) in [5.41, 5.74) is -3.88. The Balaban J connectivity index is 1.75. The number of rotatable bonds is 7. The number of aliphatic hydroxyl groups excluding tert-OH is 1. The van der Waals surface area contributed by atoms with E-state index < -0.39 is 77.1 Å². The number of carbonyl (C=O) groups is 4. The van der Waals surface area contributed by atoms with E-state index in [1.165, 1.54) is 25.3 Å². The van der Waals surface area contributed by atoms with Gasteiger partial charge in [0.2, 0.25) is 11.6 Å². The molecule has 4 rings (SSSR count). The number of esters is 1. The molecule has 2 aliphatic carbocycles. The SMILES string of the molecule is CCCCC(=O)OCC(=O)[C@@]1(O)Cc2c(O)c3c(c(O)c2[C@H](O)C1)C(=O)c1c(OC)cccc1C3=O. The number of hydrogen-bond donors (Lipinski definition) is 4. The summed E-state index contributed by atoms with van der Waals surface area (Å²) in [5.74, 6) is -4.42. The molecule has 0 fully saturated rings. The number of hydrogen-bond acceptors (Lipinski definition) is 10. The van der Waals surface area contributed by atoms with E-state index in [4.69, 9.17) is 9.47 Å². The van der Waals surface area contributed by atoms with Gasteiger partial charge in [-0.3, -0.25) is 19.2 Å². The molecule has 0 spiro atoms. The second-order valence-electron chi connectivity index (χ2n) is 9.00. The van der Waals surface area contributed by atoms with Crippen LogP contribution in [0.25, 0.3) is 0 Å². The summed E-state index contributed by atoms with van der Waals surface area (Å²) in [5, 5.41) is 43.9. The largest absolute Gasteiger partial charge is 0.507 e. The summed E-state index contributed by atoms with van der Waals surface area (Å²) in [4.78, 5) is 51.2. The first-order valence-electron chi connectivity index (χ1n) is 11.5. The molecule has 0 radical (unpaired) electrons. The molecule has 2 aromatic carbocycles. The van der Waals surface area contributed by atoms with Crippen molar-refractivity contribution in [3.05, 3.63) is 51.6 Å². The van der Waals surface area contributed by atoms with E-state index in [1.54, 1.807) is 0 Å². The van der Waals surface area contributed by atoms with E-state index in [0.29, 0.717) is 6.42 Å². The van der Waals surface area contributed by atoms with Crippen molar-refractivity contribution < 1.29 is 49.1 Å². The van der Waals surface area contributed by atoms with Crippen molar-refractivity contribution in [2.45, 2.75) is 50.7 Å². The highest BCUT2D eigenvalue weighted by molar-refractivity contribution is 6.31. The normalized spacial score (nSPS) is 20.3. The molecule has 0 saturated carbocycles. The lowest BCUT2D eigenvalue weighted by Crippen LogP contribution is -2.47. The Kier molecular flexibility index (Phi) is 6.59. The van der Waals surface area contributed by atoms with Crippen LogP contribution >= 0.6 is 0 Å². The standard InChI is InChI=1S/C26H26O10/c1-3-4-8-17(29)36-11-16(28)26(34)9-13-18(14(27)10-26)24(32)21-20(23(13)31)22(30)12-6-5-7-15(35-2)19(12)25(21)33/h5-7,14,27,31-32,34H,3-4,8-11H2,1-2H3/t14-,26-/m1/s1. The lowest BCUT2D eigenvalue weighted by Gasteiger charge is -2.37. The molecule has 0 amide bonds. The Hall–Kier alpha value is -3.76. The van der Waals surface area contributed by atoms with Gasteiger partial charge in [-0.2, -0.15) is 0 Å². The fourth-order valence-electron chi connectivity index (χ4n) is 4.83. The molecule has 2 aliphatic rings. The van der Waals surface area contributed by atoms with E-state index in [2.05, 4.69) is 0 Å². The molecule has 0 bridgehead atoms. The Morgan fingerprint density at radius 1 is 1.08 bits per heavy atom. The fourth-order valence-corrected chi connectivity index (χ4v) is 4.83. The molecule has 0 aromatic heterocycles. The van der Waals surface area contributed by atoms with Crippen molar-refractivity contribution in [1.29, 1.82) is 0 Å². The summed E-state index contributed by atoms with van der Waals surface area (Å²) in [6.45, 7) is 1.14. The number of ether oxygens (including phenoxy) is 2. The number of Topliss-reactive ketones (excluding diaryl/α,β-unsaturated/α-hetero) is 1. The Morgan fingerprint density at radius 2 is 1.78 bits per heavy atom. The van der Waals surface area contributed by atoms with Gasteiger partial charge in [0, 0.05) is 36.0 Å². The van der Waals surface area contributed by atoms with E-state index in [0.717, 1.165) is 6.42 Å². The third-order valence-electron chi connectivity index (χ3n) is 6.71. The van der Waals surface area contributed by atoms with Gasteiger partial charge in [0.15, 0.2) is 12.4 Å². The zero-order valence-corrected chi connectivity index (χ0v) is 19.8. The fraction of sp³-hybridized carbons (Fsp3) is 0.385. The minimum Gasteiger partial charge on any atom is -0.507 e. The molecule has 0 saturated heterocycles. The highest BCUT2D eigenvalue weighted by Gasteiger charge is 2.48. The molecule has 0 aliphatic heterocycles. The minimum absolute atomic E-state index is 0.0526. The number of methoxy groups -OCH3 is 1. The topological polar surface area (TPSA) is 168 Å². The first kappa shape index (κ1) is 25.3. The molecular weight excluding hydrogens is 472 g/mol. The van der Waals surface area contributed by atoms with Crippen LogP contribution in [0.1, 0.15) is 81.7 Å². The molecule has 10 heteroatoms. The number of phenols is 2. The highest BCUT2D eigenvalue weighted by Crippen LogP contribution is 2.51. The zero-order valence-electron chi connectivity index (χ0n) is 19.8. The number of fused-ring (bicyclic) bond motifs is 3. The Bertz CT molecular complexity index is 1290. The van der Waals surface area contributed by atoms with Gasteiger partial charge in [0.25, 0.3) is 0 Å². The van der Waals surface area contributed by atoms with Gasteiger partial charge in [-0.15, -0.1) is 0 Å². The van der Waals surface area contributed by atoms with Crippen molar-refractivity contribution in [2.24, 2.45) is 0 Å². The van der Waals surface area contributed by atoms with Crippen LogP contribution < -0.4 is 4.74 Å². The number of aromatic hydroxyl groups is 2. The molecule has 10 nitrogen and oxygen atoms in total. The van der Waals surface area contributed by atoms with Crippen molar-refractivity contribution >= 4 is 23.3 Å². The lowest BCUT2D eigenvalue weighted by atomic mass is 9.72. The van der Waals surface area contributed by atoms with Gasteiger partial charge in [-0.1, -0.05) is 25.5 Å². The summed E-state index contributed by atoms with van der Waals surface area (Å²) in [7, 11) is 1.32. The average Bonchev–Trinajstić information content (AvgIpc) is 2.85. The molecule has 0 heterocycles. The Labute approximate surface area is 206 Å². The predicted molar refractivity (Wildman–Crippen MR) is 123 cm³/mol. The minimum atomic E-state index is -2.25. The van der Waals surface area contributed by atoms with Crippen LogP contribution in [0.2, 0.25) is 0 Å². The average molecular weight is 498 g/mol. The maximum Gasteiger partial charge on any atom is 0.306 e. The monoisotopic (exact) mass is 498 g/mol. The zero-order chi connectivity index (χ0) is 26.4. The van der Waals surface area contributed by atoms with Crippen molar-refractivity contribution in [3.63, 3.8) is 0 Å². The van der Waals surface area contributed by atoms with E-state index >= 15 is 0 Å². The third kappa shape index (κ3) is 3.92. The molecular formula is C26H26O10. The molecule has 4 N–H and O–H groups in total. The quantitative estimate of drug-likeness (QED) is 0.279. The van der Waals surface area contributed by atoms with Crippen LogP contribution in [-0.4, -0.2) is 63.1 Å². The summed E-state index contributed by atoms with van der Waals surface area (Å²) in [6.07, 6.45) is -1.40. The van der Waals surface area contributed by atoms with Gasteiger partial charge < -0.3 is 29.9 Å². The van der Waals surface area contributed by atoms with Crippen LogP contribution in [-0.2, 0) is 20.7 Å². The first-order chi connectivity index (χ1) is 17.1. The van der Waals surface area contributed by atoms with E-state index in [-0.39, 0.29) is 34.4 Å². The molecule has 190 valence electrons. The lowest BCUT2D eigenvalue weighted by molar-refractivity contribution is -0.156. The number of phenolic OH excluding ortho intramolecular Hbond substituents is 2. The van der Waals surface area contributed by atoms with Gasteiger partial charge >= 0.3 is 5.97 Å². The second-order valence-corrected chi connectivity index (χ2v) is 9.00. The number of unbranched alkanes of at least 4 members (excludes halogenated alkanes) is 1. The number of carbonyl (C=O) groups excluding carboxylic acids is 4. The molecule has 0 unspecified atom stereocenters. The molecule has 2 aromatic rings. The second kappa shape index (κ2) is 9.36. The van der Waals surface area contributed by atoms with Crippen molar-refractivity contribution in [2.75, 3.05) is 13.7 Å². The summed E-state index contributed by atoms with van der Waals surface area (Å²) in [6, 6.07) is 4.34. The van der Waals surface area contributed by atoms with Crippen LogP contribution in [0.4, 0.5) is 0 Å². The van der Waals surface area contributed by atoms with Gasteiger partial charge in [0.05, 0.1) is 29.9 Å². The molecule has 36 heavy (non-hydrogen) atoms. The third-order valence-corrected chi connectivity index (χ3v) is 6.71. The summed E-state index contributed by atoms with van der Waals surface area (Å²) < 4.78 is 10.1. The number of benzene rings is 2. The van der Waals surface area contributed by atoms with Crippen molar-refractivity contribution in [3.8, 4) is 17.2 Å². The number of ketones is 3. The van der Waals surface area contributed by atoms with Crippen LogP contribution in [0.5, 0.6) is 17.2 Å². The van der Waals surface area contributed by atoms with E-state index in [1.807, 2.05) is 6.92 Å². The van der Waals surface area contributed by atoms with Crippen LogP contribution in [0.15, 0.2) is 18.2 Å². The first-order valence-corrected chi connectivity index (χ1v) is 11.5. The Morgan fingerprint density at radius 3 is 2.44 bits per heavy atom. The van der Waals surface area contributed by atoms with Crippen LogP contribution in [0.3, 0.4) is 0 Å². The van der Waals surface area contributed by atoms with Gasteiger partial charge in [-0.05, 0) is 12.5 Å². The maximum atomic E-state index is 13.3. The highest BCUT2D eigenvalue weighted by atomic mass is 16.5. The summed E-state index contributed by atoms with van der Waals surface area (Å²) >= 11 is 0. The smallest absolute Gasteiger partial charge is 0.306 e. The molecule has 2 atom stereocenters. The maximum absolute atomic E-state index is 13.3. The van der Waals surface area contributed by atoms with Crippen molar-refractivity contribution in [1.82, 2.24) is 0 Å². The van der Waals surface area contributed by atoms with Crippen LogP contribution in [0, 0.1) is 0 Å². The van der Waals surface area contributed by atoms with E-state index in [9.17, 15) is 39.6 Å². The van der Waals surface area contributed by atoms with Gasteiger partial charge in [0.1, 0.15) is 22.8 Å². The predicted octanol–water partition coefficient (Wildman–Crippen LogP) is 1.89. The number of aliphatic hydroxyl groups is 2.